The lowest BCUT2D eigenvalue weighted by atomic mass is 9.97. The Morgan fingerprint density at radius 1 is 1.14 bits per heavy atom. The van der Waals surface area contributed by atoms with Crippen molar-refractivity contribution in [2.75, 3.05) is 19.5 Å². The predicted molar refractivity (Wildman–Crippen MR) is 127 cm³/mol. The molecule has 0 unspecified atom stereocenters. The van der Waals surface area contributed by atoms with E-state index >= 15 is 0 Å². The number of amides is 3. The lowest BCUT2D eigenvalue weighted by molar-refractivity contribution is -0.118. The van der Waals surface area contributed by atoms with E-state index in [4.69, 9.17) is 10.3 Å². The minimum atomic E-state index is -3.94. The predicted octanol–water partition coefficient (Wildman–Crippen LogP) is 1.50. The molecule has 11 nitrogen and oxygen atoms in total. The van der Waals surface area contributed by atoms with Gasteiger partial charge in [0.25, 0.3) is 11.8 Å². The lowest BCUT2D eigenvalue weighted by Crippen LogP contribution is -2.29. The Balaban J connectivity index is 1.85. The summed E-state index contributed by atoms with van der Waals surface area (Å²) in [4.78, 5) is 38.3. The second-order valence-electron chi connectivity index (χ2n) is 8.50. The minimum absolute atomic E-state index is 0.00124. The van der Waals surface area contributed by atoms with Crippen LogP contribution in [0.5, 0.6) is 0 Å². The molecule has 12 heteroatoms. The van der Waals surface area contributed by atoms with Gasteiger partial charge in [0.1, 0.15) is 12.3 Å². The highest BCUT2D eigenvalue weighted by atomic mass is 32.2. The number of hydrogen-bond acceptors (Lipinski definition) is 7. The highest BCUT2D eigenvalue weighted by molar-refractivity contribution is 7.89. The summed E-state index contributed by atoms with van der Waals surface area (Å²) in [7, 11) is -3.94. The van der Waals surface area contributed by atoms with Crippen molar-refractivity contribution >= 4 is 49.6 Å². The van der Waals surface area contributed by atoms with Gasteiger partial charge in [0.15, 0.2) is 0 Å². The Bertz CT molecular complexity index is 1680. The van der Waals surface area contributed by atoms with Crippen LogP contribution in [-0.2, 0) is 14.8 Å². The lowest BCUT2D eigenvalue weighted by Gasteiger charge is -2.13. The van der Waals surface area contributed by atoms with Crippen molar-refractivity contribution in [1.29, 1.82) is 0 Å². The van der Waals surface area contributed by atoms with Gasteiger partial charge < -0.3 is 20.5 Å². The Kier molecular flexibility index (Phi) is 4.95. The second-order valence-corrected chi connectivity index (χ2v) is 10.3. The first-order valence-electron chi connectivity index (χ1n) is 10.6. The maximum absolute atomic E-state index is 13.0. The van der Waals surface area contributed by atoms with E-state index in [-0.39, 0.29) is 41.3 Å². The Labute approximate surface area is 199 Å². The zero-order valence-corrected chi connectivity index (χ0v) is 19.9. The Morgan fingerprint density at radius 3 is 2.46 bits per heavy atom. The van der Waals surface area contributed by atoms with E-state index < -0.39 is 21.8 Å². The van der Waals surface area contributed by atoms with Crippen LogP contribution < -0.4 is 11.1 Å². The van der Waals surface area contributed by atoms with Crippen molar-refractivity contribution in [3.05, 3.63) is 52.9 Å². The number of primary amides is 1. The molecule has 1 aliphatic heterocycles. The highest BCUT2D eigenvalue weighted by Gasteiger charge is 2.28. The summed E-state index contributed by atoms with van der Waals surface area (Å²) in [5.41, 5.74) is 8.11. The number of benzene rings is 2. The molecule has 3 heterocycles. The second kappa shape index (κ2) is 7.67. The van der Waals surface area contributed by atoms with Gasteiger partial charge in [-0.15, -0.1) is 0 Å². The molecule has 3 N–H and O–H groups in total. The molecule has 0 atom stereocenters. The van der Waals surface area contributed by atoms with Gasteiger partial charge in [0.05, 0.1) is 35.2 Å². The van der Waals surface area contributed by atoms with Crippen molar-refractivity contribution in [3.63, 3.8) is 0 Å². The normalized spacial score (nSPS) is 14.1. The quantitative estimate of drug-likeness (QED) is 0.434. The number of fused-ring (bicyclic) bond motifs is 3. The summed E-state index contributed by atoms with van der Waals surface area (Å²) in [6.07, 6.45) is 1.01. The van der Waals surface area contributed by atoms with E-state index in [2.05, 4.69) is 10.5 Å². The topological polar surface area (TPSA) is 158 Å². The molecule has 180 valence electrons. The number of rotatable bonds is 4. The van der Waals surface area contributed by atoms with Crippen molar-refractivity contribution < 1.29 is 27.3 Å². The van der Waals surface area contributed by atoms with E-state index in [0.29, 0.717) is 33.4 Å². The molecule has 0 radical (unpaired) electrons. The molecule has 35 heavy (non-hydrogen) atoms. The van der Waals surface area contributed by atoms with E-state index in [1.54, 1.807) is 32.0 Å². The van der Waals surface area contributed by atoms with Crippen LogP contribution in [0, 0.1) is 13.8 Å². The number of aryl methyl sites for hydroxylation is 2. The number of aromatic nitrogens is 2. The Morgan fingerprint density at radius 2 is 1.89 bits per heavy atom. The molecule has 2 aromatic carbocycles. The van der Waals surface area contributed by atoms with Crippen LogP contribution in [0.3, 0.4) is 0 Å². The van der Waals surface area contributed by atoms with Crippen LogP contribution >= 0.6 is 0 Å². The van der Waals surface area contributed by atoms with Gasteiger partial charge in [-0.1, -0.05) is 11.2 Å². The van der Waals surface area contributed by atoms with Gasteiger partial charge in [-0.25, -0.2) is 12.4 Å². The molecule has 2 aromatic heterocycles. The van der Waals surface area contributed by atoms with Crippen LogP contribution in [0.1, 0.15) is 32.2 Å². The number of nitrogens with one attached hydrogen (secondary N) is 1. The zero-order valence-electron chi connectivity index (χ0n) is 19.1. The number of nitrogens with two attached hydrogens (primary N) is 1. The van der Waals surface area contributed by atoms with E-state index in [0.717, 1.165) is 10.2 Å². The molecule has 0 saturated carbocycles. The third-order valence-electron chi connectivity index (χ3n) is 6.07. The molecular weight excluding hydrogens is 474 g/mol. The molecule has 0 aliphatic carbocycles. The van der Waals surface area contributed by atoms with Crippen molar-refractivity contribution in [2.24, 2.45) is 5.73 Å². The number of hydrogen-bond donors (Lipinski definition) is 2. The van der Waals surface area contributed by atoms with Crippen molar-refractivity contribution in [2.45, 2.75) is 13.8 Å². The summed E-state index contributed by atoms with van der Waals surface area (Å²) in [6, 6.07) is 7.90. The molecule has 4 aromatic rings. The van der Waals surface area contributed by atoms with Crippen molar-refractivity contribution in [3.8, 4) is 11.1 Å². The van der Waals surface area contributed by atoms with E-state index in [1.165, 1.54) is 17.0 Å². The van der Waals surface area contributed by atoms with Gasteiger partial charge in [0, 0.05) is 21.9 Å². The van der Waals surface area contributed by atoms with Gasteiger partial charge >= 0.3 is 0 Å². The van der Waals surface area contributed by atoms with E-state index in [1.807, 2.05) is 0 Å². The van der Waals surface area contributed by atoms with Gasteiger partial charge in [0.2, 0.25) is 15.9 Å². The summed E-state index contributed by atoms with van der Waals surface area (Å²) in [6.45, 7) is 3.48. The van der Waals surface area contributed by atoms with Crippen LogP contribution in [0.25, 0.3) is 32.9 Å². The van der Waals surface area contributed by atoms with Gasteiger partial charge in [-0.05, 0) is 43.7 Å². The first kappa shape index (κ1) is 22.6. The van der Waals surface area contributed by atoms with Crippen LogP contribution in [0.4, 0.5) is 0 Å². The summed E-state index contributed by atoms with van der Waals surface area (Å²) in [5.74, 6) is -0.982. The standard InChI is InChI=1S/C23H21N5O6S/c1-11-20(12(2)34-26-11)14-6-16-15-5-4-13(23(31)27-9-19(29)25-10-27)8-18(15)28(35(3,32)33)21(16)17(7-14)22(24)30/h4-8H,9-10H2,1-3H3,(H2,24,30)(H,25,29). The summed E-state index contributed by atoms with van der Waals surface area (Å²) in [5, 5.41) is 7.50. The average Bonchev–Trinajstić information content (AvgIpc) is 3.46. The smallest absolute Gasteiger partial charge is 0.255 e. The third-order valence-corrected chi connectivity index (χ3v) is 7.12. The summed E-state index contributed by atoms with van der Waals surface area (Å²) >= 11 is 0. The first-order valence-corrected chi connectivity index (χ1v) is 12.4. The fourth-order valence-electron chi connectivity index (χ4n) is 4.61. The fourth-order valence-corrected chi connectivity index (χ4v) is 5.64. The molecule has 1 aliphatic rings. The molecular formula is C23H21N5O6S. The first-order chi connectivity index (χ1) is 16.5. The molecule has 0 bridgehead atoms. The van der Waals surface area contributed by atoms with Crippen LogP contribution in [0.2, 0.25) is 0 Å². The summed E-state index contributed by atoms with van der Waals surface area (Å²) < 4.78 is 32.2. The number of nitrogens with zero attached hydrogens (tertiary/aromatic N) is 3. The van der Waals surface area contributed by atoms with Crippen LogP contribution in [0.15, 0.2) is 34.9 Å². The van der Waals surface area contributed by atoms with Gasteiger partial charge in [-0.3, -0.25) is 14.4 Å². The molecule has 1 saturated heterocycles. The monoisotopic (exact) mass is 495 g/mol. The number of carbonyl (C=O) groups is 3. The van der Waals surface area contributed by atoms with Gasteiger partial charge in [-0.2, -0.15) is 0 Å². The molecule has 5 rings (SSSR count). The van der Waals surface area contributed by atoms with Crippen molar-refractivity contribution in [1.82, 2.24) is 19.3 Å². The maximum Gasteiger partial charge on any atom is 0.255 e. The van der Waals surface area contributed by atoms with E-state index in [9.17, 15) is 22.8 Å². The zero-order chi connectivity index (χ0) is 25.2. The average molecular weight is 496 g/mol. The fraction of sp³-hybridized carbons (Fsp3) is 0.217. The molecule has 1 fully saturated rings. The largest absolute Gasteiger partial charge is 0.366 e. The third kappa shape index (κ3) is 3.53. The maximum atomic E-state index is 13.0. The van der Waals surface area contributed by atoms with Crippen LogP contribution in [-0.4, -0.2) is 59.6 Å². The molecule has 0 spiro atoms. The molecule has 3 amide bonds. The minimum Gasteiger partial charge on any atom is -0.366 e. The number of carbonyl (C=O) groups excluding carboxylic acids is 3. The SMILES string of the molecule is Cc1noc(C)c1-c1cc(C(N)=O)c2c(c1)c1ccc(C(=O)N3CNC(=O)C3)cc1n2S(C)(=O)=O. The highest BCUT2D eigenvalue weighted by Crippen LogP contribution is 2.38. The Hall–Kier alpha value is -4.19.